The highest BCUT2D eigenvalue weighted by molar-refractivity contribution is 7.80. The summed E-state index contributed by atoms with van der Waals surface area (Å²) in [4.78, 5) is 16.5. The van der Waals surface area contributed by atoms with E-state index in [1.54, 1.807) is 0 Å². The molecule has 0 fully saturated rings. The number of aliphatic imine (C=N–C) groups is 1. The molecule has 2 N–H and O–H groups in total. The number of ketones is 1. The van der Waals surface area contributed by atoms with Crippen LogP contribution in [0, 0.1) is 0 Å². The summed E-state index contributed by atoms with van der Waals surface area (Å²) < 4.78 is 0. The Bertz CT molecular complexity index is 831. The van der Waals surface area contributed by atoms with Gasteiger partial charge in [-0.3, -0.25) is 4.79 Å². The van der Waals surface area contributed by atoms with E-state index in [-0.39, 0.29) is 23.5 Å². The first kappa shape index (κ1) is 29.2. The molecule has 0 saturated carbocycles. The van der Waals surface area contributed by atoms with Gasteiger partial charge < -0.3 is 10.4 Å². The van der Waals surface area contributed by atoms with Crippen LogP contribution in [0.5, 0.6) is 0 Å². The fraction of sp³-hybridized carbons (Fsp3) is 0.633. The number of hydrogen-bond donors (Lipinski definition) is 2. The van der Waals surface area contributed by atoms with E-state index in [2.05, 4.69) is 17.2 Å². The van der Waals surface area contributed by atoms with Crippen molar-refractivity contribution in [1.29, 1.82) is 0 Å². The molecule has 0 radical (unpaired) electrons. The van der Waals surface area contributed by atoms with Crippen molar-refractivity contribution in [3.05, 3.63) is 41.0 Å². The molecule has 0 aliphatic heterocycles. The lowest BCUT2D eigenvalue weighted by Crippen LogP contribution is -2.22. The fourth-order valence-electron chi connectivity index (χ4n) is 4.62. The molecular weight excluding hydrogens is 452 g/mol. The van der Waals surface area contributed by atoms with E-state index in [0.29, 0.717) is 10.7 Å². The van der Waals surface area contributed by atoms with Crippen molar-refractivity contribution in [2.45, 2.75) is 116 Å². The number of rotatable bonds is 18. The van der Waals surface area contributed by atoms with Gasteiger partial charge in [0.25, 0.3) is 0 Å². The smallest absolute Gasteiger partial charge is 0.192 e. The van der Waals surface area contributed by atoms with Gasteiger partial charge in [-0.25, -0.2) is 4.99 Å². The number of carbonyl (C=O) groups excluding carboxylic acids is 1. The molecule has 0 amide bonds. The molecule has 0 heterocycles. The number of aliphatic hydroxyl groups excluding tert-OH is 1. The molecule has 1 aliphatic carbocycles. The van der Waals surface area contributed by atoms with Crippen molar-refractivity contribution >= 4 is 35.1 Å². The number of hydrogen-bond acceptors (Lipinski definition) is 3. The van der Waals surface area contributed by atoms with Crippen LogP contribution in [0.1, 0.15) is 121 Å². The minimum Gasteiger partial charge on any atom is -0.506 e. The number of unbranched alkanes of at least 4 members (excludes halogenated alkanes) is 15. The number of allylic oxidation sites excluding steroid dienone is 1. The highest BCUT2D eigenvalue weighted by atomic mass is 32.1. The molecule has 0 unspecified atom stereocenters. The lowest BCUT2D eigenvalue weighted by molar-refractivity contribution is -0.114. The van der Waals surface area contributed by atoms with Crippen LogP contribution in [-0.4, -0.2) is 28.8 Å². The molecule has 2 rings (SSSR count). The quantitative estimate of drug-likeness (QED) is 0.121. The molecule has 0 aromatic heterocycles. The van der Waals surface area contributed by atoms with Gasteiger partial charge in [-0.1, -0.05) is 128 Å². The van der Waals surface area contributed by atoms with Crippen LogP contribution in [0.4, 0.5) is 0 Å². The van der Waals surface area contributed by atoms with E-state index in [4.69, 9.17) is 12.2 Å². The molecule has 1 aromatic rings. The summed E-state index contributed by atoms with van der Waals surface area (Å²) in [7, 11) is 0. The zero-order valence-electron chi connectivity index (χ0n) is 21.8. The summed E-state index contributed by atoms with van der Waals surface area (Å²) in [6, 6.07) is 7.40. The molecular formula is C30H46N2O2S. The number of Topliss-reactive ketones (excluding diaryl/α,β-unsaturated/α-hetero) is 1. The van der Waals surface area contributed by atoms with Gasteiger partial charge in [0, 0.05) is 24.7 Å². The molecule has 4 nitrogen and oxygen atoms in total. The van der Waals surface area contributed by atoms with Crippen LogP contribution in [0.2, 0.25) is 0 Å². The molecule has 0 spiro atoms. The second kappa shape index (κ2) is 18.3. The van der Waals surface area contributed by atoms with Crippen LogP contribution in [-0.2, 0) is 11.2 Å². The molecule has 1 aliphatic rings. The predicted molar refractivity (Wildman–Crippen MR) is 153 cm³/mol. The lowest BCUT2D eigenvalue weighted by Gasteiger charge is -2.16. The van der Waals surface area contributed by atoms with Crippen LogP contribution in [0.15, 0.2) is 34.8 Å². The number of carbonyl (C=O) groups is 1. The van der Waals surface area contributed by atoms with Crippen molar-refractivity contribution < 1.29 is 9.90 Å². The predicted octanol–water partition coefficient (Wildman–Crippen LogP) is 8.29. The third kappa shape index (κ3) is 12.0. The molecule has 0 bridgehead atoms. The van der Waals surface area contributed by atoms with Crippen LogP contribution >= 0.6 is 12.2 Å². The van der Waals surface area contributed by atoms with Gasteiger partial charge in [0.2, 0.25) is 0 Å². The molecule has 5 heteroatoms. The standard InChI is InChI=1S/C30H46N2O2S/c1-2-3-4-5-6-7-8-9-10-11-12-13-14-15-16-19-22-31-30(35)32-24-27-28(33)23-25-20-17-18-21-26(25)29(27)34/h17-18,20-21,24,34H,2-16,19,22-23H2,1H3,(H,31,35). The minimum absolute atomic E-state index is 0.0128. The zero-order chi connectivity index (χ0) is 25.1. The monoisotopic (exact) mass is 498 g/mol. The third-order valence-corrected chi connectivity index (χ3v) is 7.05. The molecule has 1 aromatic carbocycles. The zero-order valence-corrected chi connectivity index (χ0v) is 22.6. The Balaban J connectivity index is 1.44. The maximum atomic E-state index is 12.3. The lowest BCUT2D eigenvalue weighted by atomic mass is 9.90. The second-order valence-electron chi connectivity index (χ2n) is 9.81. The van der Waals surface area contributed by atoms with Crippen LogP contribution < -0.4 is 5.32 Å². The topological polar surface area (TPSA) is 61.7 Å². The minimum atomic E-state index is -0.134. The van der Waals surface area contributed by atoms with E-state index in [1.807, 2.05) is 24.3 Å². The van der Waals surface area contributed by atoms with Gasteiger partial charge in [-0.05, 0) is 24.2 Å². The first-order valence-electron chi connectivity index (χ1n) is 14.0. The number of nitrogens with one attached hydrogen (secondary N) is 1. The average Bonchev–Trinajstić information content (AvgIpc) is 2.85. The van der Waals surface area contributed by atoms with E-state index in [9.17, 15) is 9.90 Å². The Morgan fingerprint density at radius 1 is 0.886 bits per heavy atom. The van der Waals surface area contributed by atoms with Crippen molar-refractivity contribution in [1.82, 2.24) is 5.32 Å². The summed E-state index contributed by atoms with van der Waals surface area (Å²) >= 11 is 5.26. The Labute approximate surface area is 218 Å². The highest BCUT2D eigenvalue weighted by Gasteiger charge is 2.23. The SMILES string of the molecule is CCCCCCCCCCCCCCCCCCNC(=S)N=CC1=C(O)c2ccccc2CC1=O. The molecule has 0 atom stereocenters. The maximum absolute atomic E-state index is 12.3. The van der Waals surface area contributed by atoms with E-state index < -0.39 is 0 Å². The molecule has 194 valence electrons. The second-order valence-corrected chi connectivity index (χ2v) is 10.2. The summed E-state index contributed by atoms with van der Waals surface area (Å²) in [5.74, 6) is -0.147. The number of thiocarbonyl (C=S) groups is 1. The van der Waals surface area contributed by atoms with Gasteiger partial charge in [0.15, 0.2) is 10.9 Å². The first-order chi connectivity index (χ1) is 17.1. The Morgan fingerprint density at radius 3 is 1.97 bits per heavy atom. The molecule has 0 saturated heterocycles. The third-order valence-electron chi connectivity index (χ3n) is 6.80. The summed E-state index contributed by atoms with van der Waals surface area (Å²) in [6.07, 6.45) is 23.3. The number of benzene rings is 1. The average molecular weight is 499 g/mol. The van der Waals surface area contributed by atoms with Crippen molar-refractivity contribution in [3.8, 4) is 0 Å². The number of fused-ring (bicyclic) bond motifs is 1. The normalized spacial score (nSPS) is 13.5. The van der Waals surface area contributed by atoms with Crippen molar-refractivity contribution in [3.63, 3.8) is 0 Å². The summed E-state index contributed by atoms with van der Waals surface area (Å²) in [5, 5.41) is 13.9. The maximum Gasteiger partial charge on any atom is 0.192 e. The van der Waals surface area contributed by atoms with Gasteiger partial charge in [-0.15, -0.1) is 0 Å². The van der Waals surface area contributed by atoms with Crippen molar-refractivity contribution in [2.75, 3.05) is 6.54 Å². The summed E-state index contributed by atoms with van der Waals surface area (Å²) in [6.45, 7) is 3.07. The highest BCUT2D eigenvalue weighted by Crippen LogP contribution is 2.26. The largest absolute Gasteiger partial charge is 0.506 e. The van der Waals surface area contributed by atoms with E-state index >= 15 is 0 Å². The number of aliphatic hydroxyl groups is 1. The molecule has 35 heavy (non-hydrogen) atoms. The Kier molecular flexibility index (Phi) is 15.3. The van der Waals surface area contributed by atoms with Crippen LogP contribution in [0.25, 0.3) is 5.76 Å². The number of nitrogens with zero attached hydrogens (tertiary/aromatic N) is 1. The van der Waals surface area contributed by atoms with Crippen molar-refractivity contribution in [2.24, 2.45) is 4.99 Å². The Hall–Kier alpha value is -2.01. The fourth-order valence-corrected chi connectivity index (χ4v) is 4.78. The van der Waals surface area contributed by atoms with Gasteiger partial charge >= 0.3 is 0 Å². The first-order valence-corrected chi connectivity index (χ1v) is 14.4. The van der Waals surface area contributed by atoms with Crippen LogP contribution in [0.3, 0.4) is 0 Å². The van der Waals surface area contributed by atoms with Gasteiger partial charge in [0.1, 0.15) is 5.76 Å². The van der Waals surface area contributed by atoms with E-state index in [1.165, 1.54) is 103 Å². The van der Waals surface area contributed by atoms with Gasteiger partial charge in [0.05, 0.1) is 5.57 Å². The summed E-state index contributed by atoms with van der Waals surface area (Å²) in [5.41, 5.74) is 1.77. The Morgan fingerprint density at radius 2 is 1.40 bits per heavy atom. The van der Waals surface area contributed by atoms with E-state index in [0.717, 1.165) is 18.5 Å². The van der Waals surface area contributed by atoms with Gasteiger partial charge in [-0.2, -0.15) is 0 Å².